The van der Waals surface area contributed by atoms with Crippen molar-refractivity contribution in [2.45, 2.75) is 19.9 Å². The van der Waals surface area contributed by atoms with E-state index in [-0.39, 0.29) is 22.8 Å². The van der Waals surface area contributed by atoms with Crippen molar-refractivity contribution in [3.8, 4) is 0 Å². The molecule has 0 aliphatic carbocycles. The maximum atomic E-state index is 13.3. The molecule has 1 aliphatic heterocycles. The second-order valence-electron chi connectivity index (χ2n) is 6.29. The quantitative estimate of drug-likeness (QED) is 0.525. The summed E-state index contributed by atoms with van der Waals surface area (Å²) in [5.74, 6) is -0.368. The van der Waals surface area contributed by atoms with Gasteiger partial charge in [-0.05, 0) is 25.0 Å². The largest absolute Gasteiger partial charge is 0.306 e. The molecule has 2 aromatic carbocycles. The third-order valence-electron chi connectivity index (χ3n) is 4.79. The first kappa shape index (κ1) is 16.9. The number of hydrogen-bond acceptors (Lipinski definition) is 5. The molecule has 1 aliphatic rings. The molecule has 0 bridgehead atoms. The fourth-order valence-corrected chi connectivity index (χ4v) is 3.43. The highest BCUT2D eigenvalue weighted by Crippen LogP contribution is 2.33. The predicted molar refractivity (Wildman–Crippen MR) is 100 cm³/mol. The van der Waals surface area contributed by atoms with Crippen LogP contribution in [-0.4, -0.2) is 27.2 Å². The normalized spacial score (nSPS) is 13.0. The van der Waals surface area contributed by atoms with Crippen LogP contribution in [0.1, 0.15) is 23.0 Å². The lowest BCUT2D eigenvalue weighted by Crippen LogP contribution is -2.33. The molecule has 0 saturated heterocycles. The molecule has 1 aromatic heterocycles. The molecule has 1 amide bonds. The maximum absolute atomic E-state index is 13.3. The van der Waals surface area contributed by atoms with Crippen molar-refractivity contribution in [3.63, 3.8) is 0 Å². The van der Waals surface area contributed by atoms with E-state index in [4.69, 9.17) is 0 Å². The zero-order valence-corrected chi connectivity index (χ0v) is 14.6. The van der Waals surface area contributed by atoms with Gasteiger partial charge in [0.15, 0.2) is 5.69 Å². The second-order valence-corrected chi connectivity index (χ2v) is 6.29. The number of anilines is 1. The molecule has 27 heavy (non-hydrogen) atoms. The van der Waals surface area contributed by atoms with Gasteiger partial charge in [0.25, 0.3) is 17.2 Å². The van der Waals surface area contributed by atoms with Gasteiger partial charge in [0.05, 0.1) is 16.0 Å². The van der Waals surface area contributed by atoms with Crippen molar-refractivity contribution >= 4 is 28.1 Å². The molecule has 0 saturated carbocycles. The van der Waals surface area contributed by atoms with Crippen LogP contribution in [-0.2, 0) is 13.0 Å². The monoisotopic (exact) mass is 364 g/mol. The van der Waals surface area contributed by atoms with Gasteiger partial charge in [-0.15, -0.1) is 0 Å². The van der Waals surface area contributed by atoms with Gasteiger partial charge in [-0.1, -0.05) is 24.3 Å². The van der Waals surface area contributed by atoms with Gasteiger partial charge in [0.1, 0.15) is 0 Å². The van der Waals surface area contributed by atoms with Crippen LogP contribution in [0.2, 0.25) is 0 Å². The number of hydrogen-bond donors (Lipinski definition) is 0. The lowest BCUT2D eigenvalue weighted by Gasteiger charge is -2.18. The highest BCUT2D eigenvalue weighted by atomic mass is 16.6. The number of aryl methyl sites for hydroxylation is 1. The van der Waals surface area contributed by atoms with Crippen LogP contribution >= 0.6 is 0 Å². The summed E-state index contributed by atoms with van der Waals surface area (Å²) < 4.78 is 1.26. The fraction of sp³-hybridized carbons (Fsp3) is 0.211. The van der Waals surface area contributed by atoms with Gasteiger partial charge in [-0.2, -0.15) is 5.10 Å². The van der Waals surface area contributed by atoms with Crippen molar-refractivity contribution in [2.24, 2.45) is 0 Å². The molecule has 0 spiro atoms. The summed E-state index contributed by atoms with van der Waals surface area (Å²) in [7, 11) is 0. The summed E-state index contributed by atoms with van der Waals surface area (Å²) in [5, 5.41) is 16.3. The van der Waals surface area contributed by atoms with Crippen molar-refractivity contribution < 1.29 is 9.72 Å². The van der Waals surface area contributed by atoms with E-state index >= 15 is 0 Å². The Balaban J connectivity index is 1.87. The molecule has 4 rings (SSSR count). The SMILES string of the molecule is CCn1nc(C(=O)N2CCc3ccc([N+](=O)[O-])cc32)c2ccccc2c1=O. The number of nitrogens with zero attached hydrogens (tertiary/aromatic N) is 4. The van der Waals surface area contributed by atoms with Crippen LogP contribution in [0.4, 0.5) is 11.4 Å². The van der Waals surface area contributed by atoms with E-state index in [0.29, 0.717) is 36.0 Å². The lowest BCUT2D eigenvalue weighted by molar-refractivity contribution is -0.384. The summed E-state index contributed by atoms with van der Waals surface area (Å²) >= 11 is 0. The van der Waals surface area contributed by atoms with Crippen LogP contribution in [0.5, 0.6) is 0 Å². The molecule has 0 N–H and O–H groups in total. The Kier molecular flexibility index (Phi) is 3.95. The fourth-order valence-electron chi connectivity index (χ4n) is 3.43. The van der Waals surface area contributed by atoms with Crippen LogP contribution in [0.3, 0.4) is 0 Å². The van der Waals surface area contributed by atoms with Gasteiger partial charge in [0.2, 0.25) is 0 Å². The number of rotatable bonds is 3. The first-order chi connectivity index (χ1) is 13.0. The van der Waals surface area contributed by atoms with E-state index in [0.717, 1.165) is 5.56 Å². The Bertz CT molecular complexity index is 1150. The number of aromatic nitrogens is 2. The first-order valence-electron chi connectivity index (χ1n) is 8.60. The minimum Gasteiger partial charge on any atom is -0.306 e. The highest BCUT2D eigenvalue weighted by Gasteiger charge is 2.30. The van der Waals surface area contributed by atoms with Crippen molar-refractivity contribution in [2.75, 3.05) is 11.4 Å². The molecule has 0 unspecified atom stereocenters. The van der Waals surface area contributed by atoms with E-state index in [1.807, 2.05) is 0 Å². The smallest absolute Gasteiger partial charge is 0.279 e. The van der Waals surface area contributed by atoms with E-state index < -0.39 is 4.92 Å². The topological polar surface area (TPSA) is 98.3 Å². The Morgan fingerprint density at radius 2 is 1.96 bits per heavy atom. The molecular formula is C19H16N4O4. The van der Waals surface area contributed by atoms with Gasteiger partial charge in [-0.25, -0.2) is 4.68 Å². The Morgan fingerprint density at radius 1 is 1.22 bits per heavy atom. The van der Waals surface area contributed by atoms with E-state index in [1.165, 1.54) is 21.7 Å². The summed E-state index contributed by atoms with van der Waals surface area (Å²) in [6.45, 7) is 2.54. The zero-order chi connectivity index (χ0) is 19.1. The van der Waals surface area contributed by atoms with Gasteiger partial charge in [-0.3, -0.25) is 19.7 Å². The van der Waals surface area contributed by atoms with Crippen LogP contribution in [0, 0.1) is 10.1 Å². The summed E-state index contributed by atoms with van der Waals surface area (Å²) in [5.41, 5.74) is 1.26. The lowest BCUT2D eigenvalue weighted by atomic mass is 10.1. The van der Waals surface area contributed by atoms with E-state index in [1.54, 1.807) is 37.3 Å². The van der Waals surface area contributed by atoms with Gasteiger partial charge >= 0.3 is 0 Å². The molecule has 2 heterocycles. The second kappa shape index (κ2) is 6.31. The van der Waals surface area contributed by atoms with Crippen LogP contribution < -0.4 is 10.5 Å². The predicted octanol–water partition coefficient (Wildman–Crippen LogP) is 2.53. The van der Waals surface area contributed by atoms with Crippen molar-refractivity contribution in [1.29, 1.82) is 0 Å². The Labute approximate surface area is 153 Å². The zero-order valence-electron chi connectivity index (χ0n) is 14.6. The molecule has 0 atom stereocenters. The summed E-state index contributed by atoms with van der Waals surface area (Å²) in [6.07, 6.45) is 0.615. The molecular weight excluding hydrogens is 348 g/mol. The van der Waals surface area contributed by atoms with E-state index in [9.17, 15) is 19.7 Å². The first-order valence-corrected chi connectivity index (χ1v) is 8.60. The molecule has 0 fully saturated rings. The average molecular weight is 364 g/mol. The minimum atomic E-state index is -0.480. The Morgan fingerprint density at radius 3 is 2.67 bits per heavy atom. The number of benzene rings is 2. The van der Waals surface area contributed by atoms with Gasteiger partial charge in [0, 0.05) is 30.6 Å². The highest BCUT2D eigenvalue weighted by molar-refractivity contribution is 6.13. The number of nitro benzene ring substituents is 1. The maximum Gasteiger partial charge on any atom is 0.279 e. The molecule has 0 radical (unpaired) electrons. The van der Waals surface area contributed by atoms with Gasteiger partial charge < -0.3 is 4.90 Å². The average Bonchev–Trinajstić information content (AvgIpc) is 3.11. The Hall–Kier alpha value is -3.55. The molecule has 8 heteroatoms. The summed E-state index contributed by atoms with van der Waals surface area (Å²) in [6, 6.07) is 11.4. The third-order valence-corrected chi connectivity index (χ3v) is 4.79. The van der Waals surface area contributed by atoms with E-state index in [2.05, 4.69) is 5.10 Å². The molecule has 8 nitrogen and oxygen atoms in total. The van der Waals surface area contributed by atoms with Crippen molar-refractivity contribution in [1.82, 2.24) is 9.78 Å². The number of carbonyl (C=O) groups is 1. The number of carbonyl (C=O) groups excluding carboxylic acids is 1. The number of nitro groups is 1. The van der Waals surface area contributed by atoms with Crippen molar-refractivity contribution in [3.05, 3.63) is 74.2 Å². The number of amides is 1. The van der Waals surface area contributed by atoms with Crippen LogP contribution in [0.25, 0.3) is 10.8 Å². The molecule has 136 valence electrons. The minimum absolute atomic E-state index is 0.0650. The summed E-state index contributed by atoms with van der Waals surface area (Å²) in [4.78, 5) is 37.9. The molecule has 3 aromatic rings. The third kappa shape index (κ3) is 2.66. The standard InChI is InChI=1S/C19H16N4O4/c1-2-22-18(24)15-6-4-3-5-14(15)17(20-22)19(25)21-10-9-12-7-8-13(23(26)27)11-16(12)21/h3-8,11H,2,9-10H2,1H3. The van der Waals surface area contributed by atoms with Crippen LogP contribution in [0.15, 0.2) is 47.3 Å². The number of non-ortho nitro benzene ring substituents is 1. The number of fused-ring (bicyclic) bond motifs is 2.